The predicted molar refractivity (Wildman–Crippen MR) is 106 cm³/mol. The zero-order valence-electron chi connectivity index (χ0n) is 14.9. The molecule has 0 aliphatic carbocycles. The van der Waals surface area contributed by atoms with Gasteiger partial charge in [-0.25, -0.2) is 18.6 Å². The largest absolute Gasteiger partial charge is 0.450 e. The lowest BCUT2D eigenvalue weighted by atomic mass is 10.2. The van der Waals surface area contributed by atoms with Crippen molar-refractivity contribution in [1.82, 2.24) is 15.3 Å². The Bertz CT molecular complexity index is 1050. The van der Waals surface area contributed by atoms with E-state index >= 15 is 0 Å². The van der Waals surface area contributed by atoms with Crippen LogP contribution in [0.4, 0.5) is 19.3 Å². The number of benzene rings is 1. The first kappa shape index (κ1) is 20.5. The Morgan fingerprint density at radius 2 is 2.00 bits per heavy atom. The fraction of sp³-hybridized carbons (Fsp3) is 0.167. The number of carbonyl (C=O) groups is 2. The second-order valence-electron chi connectivity index (χ2n) is 5.99. The highest BCUT2D eigenvalue weighted by atomic mass is 79.9. The SMILES string of the molecule is NC(=O)CCCNC(=O)Nc1cc(F)c(Oc2ccnc3[nH]cc(Br)c23)c(F)c1. The second kappa shape index (κ2) is 8.86. The van der Waals surface area contributed by atoms with E-state index in [1.807, 2.05) is 0 Å². The zero-order chi connectivity index (χ0) is 21.0. The van der Waals surface area contributed by atoms with Crippen LogP contribution >= 0.6 is 15.9 Å². The maximum Gasteiger partial charge on any atom is 0.319 e. The lowest BCUT2D eigenvalue weighted by Crippen LogP contribution is -2.30. The minimum Gasteiger partial charge on any atom is -0.450 e. The van der Waals surface area contributed by atoms with Crippen molar-refractivity contribution >= 4 is 44.6 Å². The minimum absolute atomic E-state index is 0.0950. The van der Waals surface area contributed by atoms with Gasteiger partial charge in [0.15, 0.2) is 17.4 Å². The molecule has 3 amide bonds. The Labute approximate surface area is 171 Å². The molecule has 0 bridgehead atoms. The molecule has 152 valence electrons. The molecule has 8 nitrogen and oxygen atoms in total. The summed E-state index contributed by atoms with van der Waals surface area (Å²) in [5.74, 6) is -2.88. The van der Waals surface area contributed by atoms with Crippen molar-refractivity contribution in [2.45, 2.75) is 12.8 Å². The van der Waals surface area contributed by atoms with Crippen LogP contribution in [0.15, 0.2) is 35.1 Å². The highest BCUT2D eigenvalue weighted by Gasteiger charge is 2.17. The van der Waals surface area contributed by atoms with Gasteiger partial charge in [-0.3, -0.25) is 4.79 Å². The molecule has 5 N–H and O–H groups in total. The van der Waals surface area contributed by atoms with Gasteiger partial charge in [-0.15, -0.1) is 0 Å². The maximum absolute atomic E-state index is 14.4. The van der Waals surface area contributed by atoms with Crippen molar-refractivity contribution in [1.29, 1.82) is 0 Å². The van der Waals surface area contributed by atoms with E-state index in [9.17, 15) is 18.4 Å². The molecular formula is C18H16BrF2N5O3. The molecule has 0 aliphatic rings. The zero-order valence-corrected chi connectivity index (χ0v) is 16.5. The van der Waals surface area contributed by atoms with Crippen molar-refractivity contribution < 1.29 is 23.1 Å². The van der Waals surface area contributed by atoms with E-state index in [4.69, 9.17) is 10.5 Å². The second-order valence-corrected chi connectivity index (χ2v) is 6.85. The molecule has 0 radical (unpaired) electrons. The maximum atomic E-state index is 14.4. The third-order valence-electron chi connectivity index (χ3n) is 3.84. The number of urea groups is 1. The molecule has 0 aliphatic heterocycles. The number of H-pyrrole nitrogens is 1. The van der Waals surface area contributed by atoms with E-state index in [0.717, 1.165) is 12.1 Å². The van der Waals surface area contributed by atoms with Gasteiger partial charge in [0.2, 0.25) is 5.91 Å². The fourth-order valence-electron chi connectivity index (χ4n) is 2.55. The number of aromatic amines is 1. The van der Waals surface area contributed by atoms with Gasteiger partial charge in [0.25, 0.3) is 0 Å². The number of rotatable bonds is 7. The van der Waals surface area contributed by atoms with E-state index in [1.54, 1.807) is 6.20 Å². The van der Waals surface area contributed by atoms with Crippen LogP contribution in [0.25, 0.3) is 11.0 Å². The van der Waals surface area contributed by atoms with Gasteiger partial charge in [-0.05, 0) is 28.4 Å². The van der Waals surface area contributed by atoms with Crippen LogP contribution in [0.3, 0.4) is 0 Å². The summed E-state index contributed by atoms with van der Waals surface area (Å²) < 4.78 is 35.0. The molecule has 0 saturated heterocycles. The number of primary amides is 1. The molecule has 0 atom stereocenters. The number of aromatic nitrogens is 2. The first-order chi connectivity index (χ1) is 13.8. The third kappa shape index (κ3) is 4.99. The molecule has 2 heterocycles. The fourth-order valence-corrected chi connectivity index (χ4v) is 3.05. The van der Waals surface area contributed by atoms with Crippen LogP contribution in [0.2, 0.25) is 0 Å². The van der Waals surface area contributed by atoms with Crippen molar-refractivity contribution in [3.8, 4) is 11.5 Å². The standard InChI is InChI=1S/C18H16BrF2N5O3/c19-10-8-25-17-15(10)13(3-5-23-17)29-16-11(20)6-9(7-12(16)21)26-18(28)24-4-1-2-14(22)27/h3,5-8H,1-2,4H2,(H2,22,27)(H,23,25)(H2,24,26,28). The Kier molecular flexibility index (Phi) is 6.27. The highest BCUT2D eigenvalue weighted by Crippen LogP contribution is 2.36. The molecule has 11 heteroatoms. The van der Waals surface area contributed by atoms with Crippen molar-refractivity contribution in [3.05, 3.63) is 46.7 Å². The van der Waals surface area contributed by atoms with Gasteiger partial charge >= 0.3 is 6.03 Å². The number of nitrogens with zero attached hydrogens (tertiary/aromatic N) is 1. The quantitative estimate of drug-likeness (QED) is 0.394. The molecule has 3 rings (SSSR count). The number of halogens is 3. The van der Waals surface area contributed by atoms with Crippen LogP contribution in [-0.4, -0.2) is 28.5 Å². The van der Waals surface area contributed by atoms with Crippen LogP contribution in [0.5, 0.6) is 11.5 Å². The summed E-state index contributed by atoms with van der Waals surface area (Å²) >= 11 is 3.32. The molecule has 0 fully saturated rings. The first-order valence-corrected chi connectivity index (χ1v) is 9.26. The number of carbonyl (C=O) groups excluding carboxylic acids is 2. The van der Waals surface area contributed by atoms with Crippen LogP contribution in [-0.2, 0) is 4.79 Å². The van der Waals surface area contributed by atoms with Crippen molar-refractivity contribution in [2.75, 3.05) is 11.9 Å². The Morgan fingerprint density at radius 3 is 2.69 bits per heavy atom. The molecule has 0 unspecified atom stereocenters. The van der Waals surface area contributed by atoms with Crippen LogP contribution in [0.1, 0.15) is 12.8 Å². The van der Waals surface area contributed by atoms with Crippen molar-refractivity contribution in [2.24, 2.45) is 5.73 Å². The number of fused-ring (bicyclic) bond motifs is 1. The minimum atomic E-state index is -0.995. The molecule has 3 aromatic rings. The number of nitrogens with two attached hydrogens (primary N) is 1. The summed E-state index contributed by atoms with van der Waals surface area (Å²) in [4.78, 5) is 29.4. The average molecular weight is 468 g/mol. The normalized spacial score (nSPS) is 10.7. The van der Waals surface area contributed by atoms with Gasteiger partial charge in [0.05, 0.1) is 5.39 Å². The number of hydrogen-bond acceptors (Lipinski definition) is 4. The number of nitrogens with one attached hydrogen (secondary N) is 3. The summed E-state index contributed by atoms with van der Waals surface area (Å²) in [6.07, 6.45) is 3.55. The Hall–Kier alpha value is -3.21. The molecule has 2 aromatic heterocycles. The molecule has 0 spiro atoms. The van der Waals surface area contributed by atoms with Crippen LogP contribution < -0.4 is 21.1 Å². The third-order valence-corrected chi connectivity index (χ3v) is 4.47. The van der Waals surface area contributed by atoms with Gasteiger partial charge in [-0.2, -0.15) is 0 Å². The molecule has 1 aromatic carbocycles. The monoisotopic (exact) mass is 467 g/mol. The first-order valence-electron chi connectivity index (χ1n) is 8.47. The average Bonchev–Trinajstić information content (AvgIpc) is 3.04. The van der Waals surface area contributed by atoms with Gasteiger partial charge < -0.3 is 26.1 Å². The van der Waals surface area contributed by atoms with Crippen molar-refractivity contribution in [3.63, 3.8) is 0 Å². The van der Waals surface area contributed by atoms with Gasteiger partial charge in [-0.1, -0.05) is 0 Å². The lowest BCUT2D eigenvalue weighted by Gasteiger charge is -2.12. The topological polar surface area (TPSA) is 122 Å². The van der Waals surface area contributed by atoms with E-state index in [2.05, 4.69) is 36.5 Å². The summed E-state index contributed by atoms with van der Waals surface area (Å²) in [6.45, 7) is 0.185. The number of ether oxygens (including phenoxy) is 1. The van der Waals surface area contributed by atoms with E-state index in [1.165, 1.54) is 12.3 Å². The molecule has 29 heavy (non-hydrogen) atoms. The van der Waals surface area contributed by atoms with E-state index in [0.29, 0.717) is 21.9 Å². The number of amides is 3. The Balaban J connectivity index is 1.71. The van der Waals surface area contributed by atoms with E-state index in [-0.39, 0.29) is 24.4 Å². The lowest BCUT2D eigenvalue weighted by molar-refractivity contribution is -0.118. The smallest absolute Gasteiger partial charge is 0.319 e. The van der Waals surface area contributed by atoms with Gasteiger partial charge in [0, 0.05) is 47.7 Å². The summed E-state index contributed by atoms with van der Waals surface area (Å²) in [5.41, 5.74) is 5.39. The number of anilines is 1. The van der Waals surface area contributed by atoms with Crippen LogP contribution in [0, 0.1) is 11.6 Å². The van der Waals surface area contributed by atoms with E-state index < -0.39 is 29.3 Å². The number of pyridine rings is 1. The highest BCUT2D eigenvalue weighted by molar-refractivity contribution is 9.10. The summed E-state index contributed by atoms with van der Waals surface area (Å²) in [6, 6.07) is 2.68. The number of hydrogen-bond donors (Lipinski definition) is 4. The Morgan fingerprint density at radius 1 is 1.28 bits per heavy atom. The summed E-state index contributed by atoms with van der Waals surface area (Å²) in [5, 5.41) is 5.30. The summed E-state index contributed by atoms with van der Waals surface area (Å²) in [7, 11) is 0. The molecular weight excluding hydrogens is 452 g/mol. The molecule has 0 saturated carbocycles. The predicted octanol–water partition coefficient (Wildman–Crippen LogP) is 3.78. The van der Waals surface area contributed by atoms with Gasteiger partial charge in [0.1, 0.15) is 11.4 Å².